The number of aliphatic hydroxyl groups excluding tert-OH is 1. The molecular formula is C28H33N3O4. The molecule has 1 heterocycles. The Morgan fingerprint density at radius 3 is 2.14 bits per heavy atom. The van der Waals surface area contributed by atoms with Gasteiger partial charge in [0, 0.05) is 43.7 Å². The Morgan fingerprint density at radius 1 is 0.829 bits per heavy atom. The number of benzene rings is 2. The molecule has 4 rings (SSSR count). The Kier molecular flexibility index (Phi) is 9.52. The van der Waals surface area contributed by atoms with Crippen LogP contribution in [0.1, 0.15) is 58.4 Å². The fourth-order valence-electron chi connectivity index (χ4n) is 4.20. The van der Waals surface area contributed by atoms with Crippen LogP contribution in [0.5, 0.6) is 0 Å². The predicted molar refractivity (Wildman–Crippen MR) is 136 cm³/mol. The van der Waals surface area contributed by atoms with Crippen molar-refractivity contribution in [3.05, 3.63) is 89.7 Å². The normalized spacial score (nSPS) is 14.3. The van der Waals surface area contributed by atoms with Crippen molar-refractivity contribution in [1.82, 2.24) is 15.6 Å². The number of rotatable bonds is 7. The van der Waals surface area contributed by atoms with Crippen LogP contribution in [-0.4, -0.2) is 46.3 Å². The largest absolute Gasteiger partial charge is 0.400 e. The average molecular weight is 476 g/mol. The Balaban J connectivity index is 0.00000167. The van der Waals surface area contributed by atoms with Gasteiger partial charge in [-0.2, -0.15) is 0 Å². The Bertz CT molecular complexity index is 1090. The van der Waals surface area contributed by atoms with E-state index in [0.717, 1.165) is 55.9 Å². The number of pyridine rings is 1. The molecule has 0 unspecified atom stereocenters. The first kappa shape index (κ1) is 26.1. The van der Waals surface area contributed by atoms with E-state index < -0.39 is 5.60 Å². The third-order valence-corrected chi connectivity index (χ3v) is 6.17. The van der Waals surface area contributed by atoms with Crippen LogP contribution in [0.3, 0.4) is 0 Å². The summed E-state index contributed by atoms with van der Waals surface area (Å²) in [6.07, 6.45) is 8.05. The lowest BCUT2D eigenvalue weighted by atomic mass is 9.85. The molecule has 0 radical (unpaired) electrons. The number of hydrogen-bond acceptors (Lipinski definition) is 5. The lowest BCUT2D eigenvalue weighted by molar-refractivity contribution is 0.00525. The smallest absolute Gasteiger partial charge is 0.251 e. The van der Waals surface area contributed by atoms with E-state index in [2.05, 4.69) is 15.6 Å². The van der Waals surface area contributed by atoms with Crippen molar-refractivity contribution in [2.45, 2.75) is 44.2 Å². The summed E-state index contributed by atoms with van der Waals surface area (Å²) < 4.78 is 0. The fourth-order valence-corrected chi connectivity index (χ4v) is 4.20. The zero-order valence-electron chi connectivity index (χ0n) is 20.0. The Hall–Kier alpha value is -3.55. The highest BCUT2D eigenvalue weighted by atomic mass is 16.3. The average Bonchev–Trinajstić information content (AvgIpc) is 2.93. The number of carbonyl (C=O) groups is 2. The predicted octanol–water partition coefficient (Wildman–Crippen LogP) is 3.71. The van der Waals surface area contributed by atoms with E-state index in [0.29, 0.717) is 17.7 Å². The molecule has 4 N–H and O–H groups in total. The zero-order valence-corrected chi connectivity index (χ0v) is 20.0. The Labute approximate surface area is 206 Å². The highest BCUT2D eigenvalue weighted by Crippen LogP contribution is 2.27. The molecular weight excluding hydrogens is 442 g/mol. The summed E-state index contributed by atoms with van der Waals surface area (Å²) in [7, 11) is 1.00. The number of nitrogens with zero attached hydrogens (tertiary/aromatic N) is 1. The van der Waals surface area contributed by atoms with E-state index in [-0.39, 0.29) is 18.4 Å². The molecule has 1 fully saturated rings. The molecule has 2 aromatic carbocycles. The molecule has 3 aromatic rings. The second kappa shape index (κ2) is 12.8. The molecule has 1 aliphatic rings. The van der Waals surface area contributed by atoms with Crippen LogP contribution in [-0.2, 0) is 6.54 Å². The maximum absolute atomic E-state index is 12.6. The van der Waals surface area contributed by atoms with Gasteiger partial charge in [0.1, 0.15) is 0 Å². The Morgan fingerprint density at radius 2 is 1.46 bits per heavy atom. The number of amides is 2. The van der Waals surface area contributed by atoms with Crippen LogP contribution in [0.15, 0.2) is 73.1 Å². The van der Waals surface area contributed by atoms with Crippen LogP contribution >= 0.6 is 0 Å². The van der Waals surface area contributed by atoms with Crippen molar-refractivity contribution < 1.29 is 19.8 Å². The molecule has 1 saturated carbocycles. The van der Waals surface area contributed by atoms with Gasteiger partial charge in [0.25, 0.3) is 11.8 Å². The first-order valence-electron chi connectivity index (χ1n) is 11.9. The summed E-state index contributed by atoms with van der Waals surface area (Å²) in [5.41, 5.74) is 3.19. The van der Waals surface area contributed by atoms with E-state index in [1.807, 2.05) is 30.3 Å². The van der Waals surface area contributed by atoms with E-state index in [1.165, 1.54) is 0 Å². The van der Waals surface area contributed by atoms with Gasteiger partial charge in [-0.05, 0) is 65.9 Å². The van der Waals surface area contributed by atoms with E-state index in [1.54, 1.807) is 42.7 Å². The van der Waals surface area contributed by atoms with Crippen LogP contribution in [0.2, 0.25) is 0 Å². The van der Waals surface area contributed by atoms with Gasteiger partial charge in [0.15, 0.2) is 0 Å². The molecule has 0 atom stereocenters. The van der Waals surface area contributed by atoms with Gasteiger partial charge in [0.2, 0.25) is 0 Å². The minimum Gasteiger partial charge on any atom is -0.400 e. The number of carbonyl (C=O) groups excluding carboxylic acids is 2. The van der Waals surface area contributed by atoms with Gasteiger partial charge < -0.3 is 20.8 Å². The standard InChI is InChI=1S/C27H29N3O3.CH4O/c31-25(23-9-7-21(8-10-23)22-11-15-28-16-12-22)29-18-20-5-4-6-24(17-20)26(32)30-19-27(33)13-2-1-3-14-27;1-2/h4-12,15-17,33H,1-3,13-14,18-19H2,(H,29,31)(H,30,32);2H,1H3. The summed E-state index contributed by atoms with van der Waals surface area (Å²) in [4.78, 5) is 29.2. The first-order valence-corrected chi connectivity index (χ1v) is 11.9. The molecule has 184 valence electrons. The molecule has 2 amide bonds. The minimum atomic E-state index is -0.799. The van der Waals surface area contributed by atoms with Gasteiger partial charge in [-0.3, -0.25) is 14.6 Å². The van der Waals surface area contributed by atoms with Crippen LogP contribution in [0.25, 0.3) is 11.1 Å². The molecule has 35 heavy (non-hydrogen) atoms. The lowest BCUT2D eigenvalue weighted by Gasteiger charge is -2.32. The van der Waals surface area contributed by atoms with Crippen molar-refractivity contribution >= 4 is 11.8 Å². The molecule has 0 bridgehead atoms. The van der Waals surface area contributed by atoms with Crippen LogP contribution in [0.4, 0.5) is 0 Å². The molecule has 1 aromatic heterocycles. The molecule has 0 aliphatic heterocycles. The van der Waals surface area contributed by atoms with Crippen LogP contribution < -0.4 is 10.6 Å². The van der Waals surface area contributed by atoms with Crippen LogP contribution in [0, 0.1) is 0 Å². The summed E-state index contributed by atoms with van der Waals surface area (Å²) in [6, 6.07) is 18.5. The summed E-state index contributed by atoms with van der Waals surface area (Å²) in [6.45, 7) is 0.582. The number of aromatic nitrogens is 1. The topological polar surface area (TPSA) is 112 Å². The number of nitrogens with one attached hydrogen (secondary N) is 2. The van der Waals surface area contributed by atoms with Crippen molar-refractivity contribution in [3.8, 4) is 11.1 Å². The number of aliphatic hydroxyl groups is 2. The molecule has 0 saturated heterocycles. The third kappa shape index (κ3) is 7.47. The van der Waals surface area contributed by atoms with Crippen molar-refractivity contribution in [2.24, 2.45) is 0 Å². The quantitative estimate of drug-likeness (QED) is 0.416. The van der Waals surface area contributed by atoms with Crippen molar-refractivity contribution in [3.63, 3.8) is 0 Å². The van der Waals surface area contributed by atoms with Crippen molar-refractivity contribution in [1.29, 1.82) is 0 Å². The van der Waals surface area contributed by atoms with E-state index in [4.69, 9.17) is 5.11 Å². The highest BCUT2D eigenvalue weighted by molar-refractivity contribution is 5.95. The lowest BCUT2D eigenvalue weighted by Crippen LogP contribution is -2.44. The molecule has 1 aliphatic carbocycles. The van der Waals surface area contributed by atoms with Gasteiger partial charge in [-0.25, -0.2) is 0 Å². The highest BCUT2D eigenvalue weighted by Gasteiger charge is 2.29. The minimum absolute atomic E-state index is 0.175. The van der Waals surface area contributed by atoms with Gasteiger partial charge in [0.05, 0.1) is 5.60 Å². The van der Waals surface area contributed by atoms with Gasteiger partial charge in [-0.1, -0.05) is 43.5 Å². The first-order chi connectivity index (χ1) is 17.0. The zero-order chi connectivity index (χ0) is 25.1. The monoisotopic (exact) mass is 475 g/mol. The second-order valence-electron chi connectivity index (χ2n) is 8.66. The fraction of sp³-hybridized carbons (Fsp3) is 0.321. The van der Waals surface area contributed by atoms with Crippen molar-refractivity contribution in [2.75, 3.05) is 13.7 Å². The second-order valence-corrected chi connectivity index (χ2v) is 8.66. The number of hydrogen-bond donors (Lipinski definition) is 4. The maximum Gasteiger partial charge on any atom is 0.251 e. The molecule has 0 spiro atoms. The third-order valence-electron chi connectivity index (χ3n) is 6.17. The summed E-state index contributed by atoms with van der Waals surface area (Å²) in [5, 5.41) is 23.4. The summed E-state index contributed by atoms with van der Waals surface area (Å²) in [5.74, 6) is -0.389. The van der Waals surface area contributed by atoms with Gasteiger partial charge >= 0.3 is 0 Å². The van der Waals surface area contributed by atoms with E-state index in [9.17, 15) is 14.7 Å². The van der Waals surface area contributed by atoms with Gasteiger partial charge in [-0.15, -0.1) is 0 Å². The summed E-state index contributed by atoms with van der Waals surface area (Å²) >= 11 is 0. The molecule has 7 heteroatoms. The molecule has 7 nitrogen and oxygen atoms in total. The maximum atomic E-state index is 12.6. The SMILES string of the molecule is CO.O=C(NCc1cccc(C(=O)NCC2(O)CCCCC2)c1)c1ccc(-c2ccncc2)cc1. The van der Waals surface area contributed by atoms with E-state index >= 15 is 0 Å².